The lowest BCUT2D eigenvalue weighted by molar-refractivity contribution is 1.08. The number of nitrogens with zero attached hydrogens (tertiary/aromatic N) is 4. The molecule has 1 aliphatic rings. The molecule has 11 aromatic rings. The zero-order valence-corrected chi connectivity index (χ0v) is 31.5. The number of fused-ring (bicyclic) bond motifs is 10. The monoisotopic (exact) mass is 744 g/mol. The Morgan fingerprint density at radius 2 is 1.07 bits per heavy atom. The minimum atomic E-state index is 0.657. The minimum Gasteiger partial charge on any atom is -0.309 e. The second kappa shape index (κ2) is 12.7. The van der Waals surface area contributed by atoms with Crippen LogP contribution in [0.5, 0.6) is 0 Å². The molecule has 1 aliphatic carbocycles. The average Bonchev–Trinajstić information content (AvgIpc) is 3.96. The second-order valence-corrected chi connectivity index (χ2v) is 15.8. The zero-order chi connectivity index (χ0) is 37.5. The number of rotatable bonds is 5. The Hall–Kier alpha value is -7.21. The van der Waals surface area contributed by atoms with Gasteiger partial charge in [-0.05, 0) is 82.3 Å². The third-order valence-corrected chi connectivity index (χ3v) is 12.7. The Balaban J connectivity index is 1.03. The summed E-state index contributed by atoms with van der Waals surface area (Å²) in [6.07, 6.45) is 0.957. The molecule has 0 fully saturated rings. The predicted molar refractivity (Wildman–Crippen MR) is 237 cm³/mol. The molecule has 0 spiro atoms. The van der Waals surface area contributed by atoms with E-state index in [0.29, 0.717) is 17.5 Å². The lowest BCUT2D eigenvalue weighted by Crippen LogP contribution is -2.00. The Kier molecular flexibility index (Phi) is 7.13. The maximum Gasteiger partial charge on any atom is 0.165 e. The Morgan fingerprint density at radius 3 is 1.84 bits per heavy atom. The SMILES string of the molecule is c1ccc(-c2nc(-c3ccccc3)nc(-c3cc(-c4ccc(-n5c6ccccc6c6c7c(ccc65)-c5ccccc5C7)cc4)cc4c3sc3ccccc34)n2)cc1. The first kappa shape index (κ1) is 32.1. The maximum atomic E-state index is 5.18. The molecule has 0 aliphatic heterocycles. The number of para-hydroxylation sites is 1. The summed E-state index contributed by atoms with van der Waals surface area (Å²) in [4.78, 5) is 15.3. The highest BCUT2D eigenvalue weighted by Crippen LogP contribution is 2.46. The van der Waals surface area contributed by atoms with Crippen LogP contribution in [0.25, 0.3) is 104 Å². The van der Waals surface area contributed by atoms with E-state index in [2.05, 4.69) is 150 Å². The molecule has 5 heteroatoms. The topological polar surface area (TPSA) is 43.6 Å². The maximum absolute atomic E-state index is 5.18. The van der Waals surface area contributed by atoms with E-state index in [1.165, 1.54) is 64.2 Å². The largest absolute Gasteiger partial charge is 0.309 e. The number of hydrogen-bond acceptors (Lipinski definition) is 4. The normalized spacial score (nSPS) is 12.1. The van der Waals surface area contributed by atoms with Crippen LogP contribution < -0.4 is 0 Å². The summed E-state index contributed by atoms with van der Waals surface area (Å²) in [5.74, 6) is 1.98. The van der Waals surface area contributed by atoms with Gasteiger partial charge in [0.25, 0.3) is 0 Å². The van der Waals surface area contributed by atoms with Crippen molar-refractivity contribution in [2.45, 2.75) is 6.42 Å². The minimum absolute atomic E-state index is 0.657. The number of hydrogen-bond donors (Lipinski definition) is 0. The highest BCUT2D eigenvalue weighted by atomic mass is 32.1. The molecule has 0 saturated heterocycles. The van der Waals surface area contributed by atoms with Crippen molar-refractivity contribution < 1.29 is 0 Å². The van der Waals surface area contributed by atoms with Gasteiger partial charge in [-0.2, -0.15) is 0 Å². The summed E-state index contributed by atoms with van der Waals surface area (Å²) >= 11 is 1.79. The molecular formula is C52H32N4S. The third-order valence-electron chi connectivity index (χ3n) is 11.5. The van der Waals surface area contributed by atoms with E-state index in [-0.39, 0.29) is 0 Å². The standard InChI is InChI=1S/C52H32N4S/c1-3-13-33(14-4-1)50-53-51(34-15-5-2-6-16-34)55-52(54-50)44-31-36(30-43-40-19-10-12-22-47(40)57-49(43)44)32-23-25-37(26-24-32)56-45-21-11-9-20-41(45)48-42-29-35-17-7-8-18-38(35)39(42)27-28-46(48)56/h1-28,30-31H,29H2. The average molecular weight is 745 g/mol. The van der Waals surface area contributed by atoms with Crippen molar-refractivity contribution in [3.05, 3.63) is 193 Å². The lowest BCUT2D eigenvalue weighted by atomic mass is 9.98. The van der Waals surface area contributed by atoms with Gasteiger partial charge >= 0.3 is 0 Å². The molecule has 8 aromatic carbocycles. The van der Waals surface area contributed by atoms with Crippen LogP contribution in [0.2, 0.25) is 0 Å². The van der Waals surface area contributed by atoms with Crippen LogP contribution in [0, 0.1) is 0 Å². The first-order chi connectivity index (χ1) is 28.2. The zero-order valence-electron chi connectivity index (χ0n) is 30.7. The van der Waals surface area contributed by atoms with Crippen LogP contribution in [0.3, 0.4) is 0 Å². The van der Waals surface area contributed by atoms with Gasteiger partial charge in [-0.1, -0.05) is 140 Å². The van der Waals surface area contributed by atoms with Crippen LogP contribution in [-0.4, -0.2) is 19.5 Å². The van der Waals surface area contributed by atoms with E-state index in [1.54, 1.807) is 11.3 Å². The van der Waals surface area contributed by atoms with Gasteiger partial charge in [-0.15, -0.1) is 11.3 Å². The van der Waals surface area contributed by atoms with Crippen LogP contribution in [0.15, 0.2) is 182 Å². The Labute approximate surface area is 333 Å². The molecule has 0 atom stereocenters. The molecule has 0 radical (unpaired) electrons. The van der Waals surface area contributed by atoms with E-state index in [9.17, 15) is 0 Å². The molecule has 3 heterocycles. The second-order valence-electron chi connectivity index (χ2n) is 14.8. The first-order valence-electron chi connectivity index (χ1n) is 19.3. The highest BCUT2D eigenvalue weighted by molar-refractivity contribution is 7.26. The van der Waals surface area contributed by atoms with Crippen LogP contribution >= 0.6 is 11.3 Å². The van der Waals surface area contributed by atoms with Gasteiger partial charge in [0.05, 0.1) is 11.0 Å². The third kappa shape index (κ3) is 5.10. The molecule has 4 nitrogen and oxygen atoms in total. The van der Waals surface area contributed by atoms with Gasteiger partial charge < -0.3 is 4.57 Å². The van der Waals surface area contributed by atoms with Crippen molar-refractivity contribution >= 4 is 53.3 Å². The fraction of sp³-hybridized carbons (Fsp3) is 0.0192. The van der Waals surface area contributed by atoms with Gasteiger partial charge in [0.2, 0.25) is 0 Å². The highest BCUT2D eigenvalue weighted by Gasteiger charge is 2.24. The van der Waals surface area contributed by atoms with Crippen LogP contribution in [0.1, 0.15) is 11.1 Å². The number of thiophene rings is 1. The molecule has 3 aromatic heterocycles. The van der Waals surface area contributed by atoms with Crippen molar-refractivity contribution in [1.82, 2.24) is 19.5 Å². The van der Waals surface area contributed by atoms with Crippen molar-refractivity contribution in [3.63, 3.8) is 0 Å². The van der Waals surface area contributed by atoms with Crippen molar-refractivity contribution in [2.24, 2.45) is 0 Å². The number of benzene rings is 8. The van der Waals surface area contributed by atoms with Crippen molar-refractivity contribution in [2.75, 3.05) is 0 Å². The van der Waals surface area contributed by atoms with E-state index in [4.69, 9.17) is 15.0 Å². The molecular weight excluding hydrogens is 713 g/mol. The molecule has 0 amide bonds. The molecule has 0 unspecified atom stereocenters. The van der Waals surface area contributed by atoms with Crippen LogP contribution in [0.4, 0.5) is 0 Å². The van der Waals surface area contributed by atoms with E-state index < -0.39 is 0 Å². The van der Waals surface area contributed by atoms with Crippen molar-refractivity contribution in [3.8, 4) is 62.1 Å². The summed E-state index contributed by atoms with van der Waals surface area (Å²) in [6, 6.07) is 65.0. The van der Waals surface area contributed by atoms with E-state index >= 15 is 0 Å². The van der Waals surface area contributed by atoms with E-state index in [0.717, 1.165) is 39.9 Å². The summed E-state index contributed by atoms with van der Waals surface area (Å²) in [6.45, 7) is 0. The molecule has 57 heavy (non-hydrogen) atoms. The fourth-order valence-electron chi connectivity index (χ4n) is 8.87. The summed E-state index contributed by atoms with van der Waals surface area (Å²) in [5.41, 5.74) is 14.3. The molecule has 0 bridgehead atoms. The van der Waals surface area contributed by atoms with Gasteiger partial charge in [0, 0.05) is 53.3 Å². The van der Waals surface area contributed by atoms with Crippen LogP contribution in [-0.2, 0) is 6.42 Å². The lowest BCUT2D eigenvalue weighted by Gasteiger charge is -2.12. The summed E-state index contributed by atoms with van der Waals surface area (Å²) < 4.78 is 4.84. The van der Waals surface area contributed by atoms with Crippen molar-refractivity contribution in [1.29, 1.82) is 0 Å². The summed E-state index contributed by atoms with van der Waals surface area (Å²) in [5, 5.41) is 5.08. The van der Waals surface area contributed by atoms with Gasteiger partial charge in [0.1, 0.15) is 0 Å². The summed E-state index contributed by atoms with van der Waals surface area (Å²) in [7, 11) is 0. The van der Waals surface area contributed by atoms with Gasteiger partial charge in [-0.3, -0.25) is 0 Å². The molecule has 12 rings (SSSR count). The van der Waals surface area contributed by atoms with Gasteiger partial charge in [0.15, 0.2) is 17.5 Å². The quantitative estimate of drug-likeness (QED) is 0.176. The molecule has 0 saturated carbocycles. The Bertz CT molecular complexity index is 3300. The molecule has 0 N–H and O–H groups in total. The Morgan fingerprint density at radius 1 is 0.421 bits per heavy atom. The first-order valence-corrected chi connectivity index (χ1v) is 20.1. The predicted octanol–water partition coefficient (Wildman–Crippen LogP) is 13.6. The smallest absolute Gasteiger partial charge is 0.165 e. The van der Waals surface area contributed by atoms with E-state index in [1.807, 2.05) is 36.4 Å². The molecule has 266 valence electrons. The number of aromatic nitrogens is 4. The van der Waals surface area contributed by atoms with Gasteiger partial charge in [-0.25, -0.2) is 15.0 Å². The fourth-order valence-corrected chi connectivity index (χ4v) is 10.1.